The fourth-order valence-electron chi connectivity index (χ4n) is 5.84. The fraction of sp³-hybridized carbons (Fsp3) is 0.556. The molecule has 3 atom stereocenters. The summed E-state index contributed by atoms with van der Waals surface area (Å²) in [7, 11) is 0. The molecule has 2 aromatic rings. The van der Waals surface area contributed by atoms with Gasteiger partial charge in [-0.25, -0.2) is 9.97 Å². The SMILES string of the molecule is CC(=O)N1CCN(C[C@H](C(=O)N2CCN(c3ncnc4c3[C@H](C)C[C@H]4O)CC2)c2ccc(Cl)cc2)CC1. The first-order valence-electron chi connectivity index (χ1n) is 13.1. The molecule has 1 aromatic carbocycles. The van der Waals surface area contributed by atoms with E-state index >= 15 is 0 Å². The molecule has 0 unspecified atom stereocenters. The molecule has 3 aliphatic rings. The van der Waals surface area contributed by atoms with E-state index in [-0.39, 0.29) is 23.7 Å². The number of carbonyl (C=O) groups is 2. The summed E-state index contributed by atoms with van der Waals surface area (Å²) in [6.45, 7) is 9.79. The average Bonchev–Trinajstić information content (AvgIpc) is 3.21. The lowest BCUT2D eigenvalue weighted by Crippen LogP contribution is -2.53. The number of amides is 2. The molecule has 2 saturated heterocycles. The number of carbonyl (C=O) groups excluding carboxylic acids is 2. The van der Waals surface area contributed by atoms with Gasteiger partial charge in [-0.2, -0.15) is 0 Å². The number of hydrogen-bond acceptors (Lipinski definition) is 7. The molecular formula is C27H35ClN6O3. The minimum absolute atomic E-state index is 0.0982. The highest BCUT2D eigenvalue weighted by Crippen LogP contribution is 2.42. The largest absolute Gasteiger partial charge is 0.387 e. The summed E-state index contributed by atoms with van der Waals surface area (Å²) < 4.78 is 0. The smallest absolute Gasteiger partial charge is 0.231 e. The lowest BCUT2D eigenvalue weighted by Gasteiger charge is -2.40. The molecular weight excluding hydrogens is 492 g/mol. The van der Waals surface area contributed by atoms with Crippen LogP contribution in [0.15, 0.2) is 30.6 Å². The van der Waals surface area contributed by atoms with Crippen LogP contribution in [0.1, 0.15) is 55.0 Å². The highest BCUT2D eigenvalue weighted by molar-refractivity contribution is 6.30. The molecule has 198 valence electrons. The van der Waals surface area contributed by atoms with Crippen molar-refractivity contribution in [1.29, 1.82) is 0 Å². The molecule has 37 heavy (non-hydrogen) atoms. The lowest BCUT2D eigenvalue weighted by molar-refractivity contribution is -0.135. The minimum atomic E-state index is -0.535. The van der Waals surface area contributed by atoms with Crippen molar-refractivity contribution in [1.82, 2.24) is 24.7 Å². The Morgan fingerprint density at radius 3 is 2.30 bits per heavy atom. The number of piperazine rings is 2. The number of hydrogen-bond donors (Lipinski definition) is 1. The Morgan fingerprint density at radius 2 is 1.65 bits per heavy atom. The molecule has 0 bridgehead atoms. The van der Waals surface area contributed by atoms with Gasteiger partial charge in [0.1, 0.15) is 12.1 Å². The van der Waals surface area contributed by atoms with Gasteiger partial charge in [-0.15, -0.1) is 0 Å². The van der Waals surface area contributed by atoms with Gasteiger partial charge in [0.05, 0.1) is 17.7 Å². The molecule has 1 N–H and O–H groups in total. The summed E-state index contributed by atoms with van der Waals surface area (Å²) in [5.41, 5.74) is 2.74. The number of fused-ring (bicyclic) bond motifs is 1. The molecule has 2 aliphatic heterocycles. The van der Waals surface area contributed by atoms with Crippen molar-refractivity contribution in [2.45, 2.75) is 38.2 Å². The molecule has 5 rings (SSSR count). The van der Waals surface area contributed by atoms with E-state index in [9.17, 15) is 14.7 Å². The fourth-order valence-corrected chi connectivity index (χ4v) is 5.96. The Kier molecular flexibility index (Phi) is 7.65. The van der Waals surface area contributed by atoms with Gasteiger partial charge in [0.25, 0.3) is 0 Å². The van der Waals surface area contributed by atoms with Crippen LogP contribution in [0.5, 0.6) is 0 Å². The second-order valence-corrected chi connectivity index (χ2v) is 10.8. The monoisotopic (exact) mass is 526 g/mol. The molecule has 0 saturated carbocycles. The van der Waals surface area contributed by atoms with Crippen LogP contribution in [0.3, 0.4) is 0 Å². The standard InChI is InChI=1S/C27H35ClN6O3/c1-18-15-23(36)25-24(18)26(30-17-29-25)33-11-13-34(14-12-33)27(37)22(20-3-5-21(28)6-4-20)16-31-7-9-32(10-8-31)19(2)35/h3-6,17-18,22-23,36H,7-16H2,1-2H3/t18-,22+,23-/m1/s1. The maximum absolute atomic E-state index is 13.9. The third-order valence-corrected chi connectivity index (χ3v) is 8.25. The van der Waals surface area contributed by atoms with Crippen molar-refractivity contribution in [2.24, 2.45) is 0 Å². The van der Waals surface area contributed by atoms with E-state index in [1.807, 2.05) is 34.1 Å². The first-order chi connectivity index (χ1) is 17.8. The maximum Gasteiger partial charge on any atom is 0.231 e. The van der Waals surface area contributed by atoms with E-state index in [2.05, 4.69) is 26.7 Å². The first kappa shape index (κ1) is 25.9. The van der Waals surface area contributed by atoms with Crippen LogP contribution in [0.2, 0.25) is 5.02 Å². The summed E-state index contributed by atoms with van der Waals surface area (Å²) in [6.07, 6.45) is 1.67. The lowest BCUT2D eigenvalue weighted by atomic mass is 9.96. The molecule has 0 spiro atoms. The van der Waals surface area contributed by atoms with Crippen LogP contribution in [0.25, 0.3) is 0 Å². The Balaban J connectivity index is 1.28. The van der Waals surface area contributed by atoms with E-state index in [1.165, 1.54) is 6.33 Å². The molecule has 9 nitrogen and oxygen atoms in total. The number of nitrogens with zero attached hydrogens (tertiary/aromatic N) is 6. The zero-order valence-electron chi connectivity index (χ0n) is 21.5. The van der Waals surface area contributed by atoms with E-state index in [0.29, 0.717) is 57.3 Å². The van der Waals surface area contributed by atoms with Crippen molar-refractivity contribution >= 4 is 29.2 Å². The van der Waals surface area contributed by atoms with Gasteiger partial charge in [0, 0.05) is 76.4 Å². The summed E-state index contributed by atoms with van der Waals surface area (Å²) in [4.78, 5) is 42.8. The number of aliphatic hydroxyl groups excluding tert-OH is 1. The van der Waals surface area contributed by atoms with Gasteiger partial charge in [0.2, 0.25) is 11.8 Å². The van der Waals surface area contributed by atoms with Gasteiger partial charge < -0.3 is 19.8 Å². The van der Waals surface area contributed by atoms with Crippen molar-refractivity contribution in [3.63, 3.8) is 0 Å². The second kappa shape index (κ2) is 10.9. The van der Waals surface area contributed by atoms with E-state index < -0.39 is 6.10 Å². The van der Waals surface area contributed by atoms with E-state index in [1.54, 1.807) is 6.92 Å². The van der Waals surface area contributed by atoms with Crippen LogP contribution in [0.4, 0.5) is 5.82 Å². The number of benzene rings is 1. The van der Waals surface area contributed by atoms with Crippen LogP contribution >= 0.6 is 11.6 Å². The topological polar surface area (TPSA) is 93.1 Å². The Labute approximate surface area is 223 Å². The van der Waals surface area contributed by atoms with Crippen molar-refractivity contribution in [3.8, 4) is 0 Å². The average molecular weight is 527 g/mol. The zero-order valence-corrected chi connectivity index (χ0v) is 22.3. The summed E-state index contributed by atoms with van der Waals surface area (Å²) >= 11 is 6.14. The van der Waals surface area contributed by atoms with E-state index in [4.69, 9.17) is 11.6 Å². The molecule has 3 heterocycles. The Bertz CT molecular complexity index is 1130. The van der Waals surface area contributed by atoms with E-state index in [0.717, 1.165) is 35.7 Å². The van der Waals surface area contributed by atoms with Crippen LogP contribution in [-0.4, -0.2) is 100 Å². The number of halogens is 1. The van der Waals surface area contributed by atoms with Gasteiger partial charge in [0.15, 0.2) is 0 Å². The van der Waals surface area contributed by atoms with Gasteiger partial charge >= 0.3 is 0 Å². The zero-order chi connectivity index (χ0) is 26.1. The maximum atomic E-state index is 13.9. The summed E-state index contributed by atoms with van der Waals surface area (Å²) in [5.74, 6) is 1.01. The minimum Gasteiger partial charge on any atom is -0.387 e. The molecule has 0 radical (unpaired) electrons. The Morgan fingerprint density at radius 1 is 1.00 bits per heavy atom. The number of rotatable bonds is 5. The molecule has 10 heteroatoms. The van der Waals surface area contributed by atoms with Crippen LogP contribution in [0, 0.1) is 0 Å². The first-order valence-corrected chi connectivity index (χ1v) is 13.5. The Hall–Kier alpha value is -2.75. The van der Waals surface area contributed by atoms with Crippen molar-refractivity contribution < 1.29 is 14.7 Å². The second-order valence-electron chi connectivity index (χ2n) is 10.4. The number of aromatic nitrogens is 2. The van der Waals surface area contributed by atoms with Crippen molar-refractivity contribution in [3.05, 3.63) is 52.4 Å². The number of aliphatic hydroxyl groups is 1. The quantitative estimate of drug-likeness (QED) is 0.639. The van der Waals surface area contributed by atoms with Gasteiger partial charge in [-0.3, -0.25) is 14.5 Å². The summed E-state index contributed by atoms with van der Waals surface area (Å²) in [5, 5.41) is 11.0. The normalized spacial score (nSPS) is 23.2. The molecule has 1 aliphatic carbocycles. The predicted molar refractivity (Wildman–Crippen MR) is 142 cm³/mol. The van der Waals surface area contributed by atoms with Crippen molar-refractivity contribution in [2.75, 3.05) is 63.8 Å². The van der Waals surface area contributed by atoms with Crippen LogP contribution < -0.4 is 4.90 Å². The summed E-state index contributed by atoms with van der Waals surface area (Å²) in [6, 6.07) is 7.58. The van der Waals surface area contributed by atoms with Crippen LogP contribution in [-0.2, 0) is 9.59 Å². The number of anilines is 1. The third kappa shape index (κ3) is 5.44. The highest BCUT2D eigenvalue weighted by atomic mass is 35.5. The predicted octanol–water partition coefficient (Wildman–Crippen LogP) is 2.27. The molecule has 2 fully saturated rings. The molecule has 2 amide bonds. The highest BCUT2D eigenvalue weighted by Gasteiger charge is 2.35. The molecule has 1 aromatic heterocycles. The third-order valence-electron chi connectivity index (χ3n) is 8.00. The van der Waals surface area contributed by atoms with Gasteiger partial charge in [-0.1, -0.05) is 30.7 Å². The van der Waals surface area contributed by atoms with Gasteiger partial charge in [-0.05, 0) is 30.0 Å².